The molecule has 2 atom stereocenters. The van der Waals surface area contributed by atoms with E-state index >= 15 is 0 Å². The molecule has 0 radical (unpaired) electrons. The molecule has 7 heteroatoms. The topological polar surface area (TPSA) is 67.8 Å². The zero-order valence-electron chi connectivity index (χ0n) is 13.9. The van der Waals surface area contributed by atoms with Crippen LogP contribution in [0.5, 0.6) is 0 Å². The van der Waals surface area contributed by atoms with Crippen LogP contribution in [0.15, 0.2) is 18.6 Å². The van der Waals surface area contributed by atoms with Gasteiger partial charge in [0.25, 0.3) is 5.91 Å². The summed E-state index contributed by atoms with van der Waals surface area (Å²) in [6.45, 7) is 4.29. The van der Waals surface area contributed by atoms with Crippen LogP contribution >= 0.6 is 0 Å². The molecule has 1 spiro atoms. The van der Waals surface area contributed by atoms with Gasteiger partial charge in [0.2, 0.25) is 0 Å². The van der Waals surface area contributed by atoms with Crippen LogP contribution in [-0.4, -0.2) is 71.9 Å². The fraction of sp³-hybridized carbons (Fsp3) is 0.706. The van der Waals surface area contributed by atoms with Gasteiger partial charge in [0, 0.05) is 32.1 Å². The molecule has 4 rings (SSSR count). The minimum absolute atomic E-state index is 0.131. The molecule has 7 nitrogen and oxygen atoms in total. The summed E-state index contributed by atoms with van der Waals surface area (Å²) in [5.41, 5.74) is -0.303. The van der Waals surface area contributed by atoms with Crippen molar-refractivity contribution in [1.82, 2.24) is 14.9 Å². The van der Waals surface area contributed by atoms with Gasteiger partial charge in [0.15, 0.2) is 0 Å². The number of ether oxygens (including phenoxy) is 2. The molecule has 1 aromatic heterocycles. The second-order valence-electron chi connectivity index (χ2n) is 6.88. The van der Waals surface area contributed by atoms with E-state index in [0.29, 0.717) is 26.3 Å². The van der Waals surface area contributed by atoms with E-state index in [2.05, 4.69) is 14.9 Å². The Morgan fingerprint density at radius 2 is 2.17 bits per heavy atom. The molecule has 0 saturated carbocycles. The first-order valence-electron chi connectivity index (χ1n) is 8.81. The van der Waals surface area contributed by atoms with Crippen LogP contribution in [0.3, 0.4) is 0 Å². The van der Waals surface area contributed by atoms with Crippen molar-refractivity contribution in [2.45, 2.75) is 37.4 Å². The number of aromatic nitrogens is 2. The molecule has 0 unspecified atom stereocenters. The van der Waals surface area contributed by atoms with Crippen molar-refractivity contribution in [2.75, 3.05) is 44.3 Å². The van der Waals surface area contributed by atoms with E-state index in [-0.39, 0.29) is 17.6 Å². The Balaban J connectivity index is 1.46. The van der Waals surface area contributed by atoms with Crippen molar-refractivity contribution in [1.29, 1.82) is 0 Å². The molecular formula is C17H24N4O3. The first-order valence-corrected chi connectivity index (χ1v) is 8.81. The average Bonchev–Trinajstić information content (AvgIpc) is 3.17. The summed E-state index contributed by atoms with van der Waals surface area (Å²) in [6.07, 6.45) is 8.75. The number of morpholine rings is 1. The summed E-state index contributed by atoms with van der Waals surface area (Å²) in [4.78, 5) is 25.4. The van der Waals surface area contributed by atoms with Gasteiger partial charge in [0.1, 0.15) is 17.5 Å². The van der Waals surface area contributed by atoms with E-state index < -0.39 is 0 Å². The number of hydrogen-bond acceptors (Lipinski definition) is 6. The van der Waals surface area contributed by atoms with Gasteiger partial charge in [-0.05, 0) is 25.7 Å². The van der Waals surface area contributed by atoms with Gasteiger partial charge >= 0.3 is 0 Å². The molecule has 3 aliphatic rings. The zero-order chi connectivity index (χ0) is 16.4. The highest BCUT2D eigenvalue weighted by Crippen LogP contribution is 2.31. The van der Waals surface area contributed by atoms with Gasteiger partial charge in [-0.2, -0.15) is 0 Å². The third-order valence-corrected chi connectivity index (χ3v) is 5.18. The fourth-order valence-electron chi connectivity index (χ4n) is 4.00. The largest absolute Gasteiger partial charge is 0.369 e. The Morgan fingerprint density at radius 1 is 1.21 bits per heavy atom. The zero-order valence-corrected chi connectivity index (χ0v) is 13.9. The number of anilines is 1. The molecule has 0 N–H and O–H groups in total. The molecule has 24 heavy (non-hydrogen) atoms. The van der Waals surface area contributed by atoms with E-state index in [1.165, 1.54) is 0 Å². The van der Waals surface area contributed by atoms with Crippen molar-refractivity contribution >= 4 is 11.7 Å². The number of amides is 1. The normalized spacial score (nSPS) is 30.8. The van der Waals surface area contributed by atoms with Crippen molar-refractivity contribution in [3.63, 3.8) is 0 Å². The molecule has 4 heterocycles. The summed E-state index contributed by atoms with van der Waals surface area (Å²) in [5, 5.41) is 0. The summed E-state index contributed by atoms with van der Waals surface area (Å²) in [6, 6.07) is 0. The van der Waals surface area contributed by atoms with Crippen LogP contribution in [0.4, 0.5) is 5.82 Å². The third kappa shape index (κ3) is 3.10. The summed E-state index contributed by atoms with van der Waals surface area (Å²) < 4.78 is 11.8. The molecule has 1 aromatic rings. The lowest BCUT2D eigenvalue weighted by atomic mass is 9.90. The molecule has 3 saturated heterocycles. The molecule has 0 aromatic carbocycles. The first-order chi connectivity index (χ1) is 11.8. The van der Waals surface area contributed by atoms with Crippen LogP contribution in [0.25, 0.3) is 0 Å². The number of rotatable bonds is 2. The van der Waals surface area contributed by atoms with Crippen molar-refractivity contribution in [3.8, 4) is 0 Å². The second-order valence-corrected chi connectivity index (χ2v) is 6.88. The predicted octanol–water partition coefficient (Wildman–Crippen LogP) is 0.853. The highest BCUT2D eigenvalue weighted by Gasteiger charge is 2.43. The Labute approximate surface area is 142 Å². The number of carbonyl (C=O) groups excluding carboxylic acids is 1. The number of hydrogen-bond donors (Lipinski definition) is 0. The van der Waals surface area contributed by atoms with Gasteiger partial charge in [-0.3, -0.25) is 9.78 Å². The fourth-order valence-corrected chi connectivity index (χ4v) is 4.00. The quantitative estimate of drug-likeness (QED) is 0.800. The maximum Gasteiger partial charge on any atom is 0.251 e. The summed E-state index contributed by atoms with van der Waals surface area (Å²) in [5.74, 6) is 1.01. The smallest absolute Gasteiger partial charge is 0.251 e. The van der Waals surface area contributed by atoms with Crippen LogP contribution in [-0.2, 0) is 14.3 Å². The Morgan fingerprint density at radius 3 is 2.96 bits per heavy atom. The molecule has 0 aliphatic carbocycles. The van der Waals surface area contributed by atoms with E-state index in [4.69, 9.17) is 9.47 Å². The molecule has 130 valence electrons. The van der Waals surface area contributed by atoms with Crippen LogP contribution < -0.4 is 4.90 Å². The van der Waals surface area contributed by atoms with E-state index in [9.17, 15) is 4.79 Å². The first kappa shape index (κ1) is 15.8. The van der Waals surface area contributed by atoms with Gasteiger partial charge in [-0.25, -0.2) is 4.98 Å². The van der Waals surface area contributed by atoms with Gasteiger partial charge in [-0.1, -0.05) is 0 Å². The highest BCUT2D eigenvalue weighted by molar-refractivity contribution is 5.81. The Bertz CT molecular complexity index is 574. The third-order valence-electron chi connectivity index (χ3n) is 5.18. The highest BCUT2D eigenvalue weighted by atomic mass is 16.5. The predicted molar refractivity (Wildman–Crippen MR) is 87.7 cm³/mol. The molecule has 3 fully saturated rings. The monoisotopic (exact) mass is 332 g/mol. The van der Waals surface area contributed by atoms with Crippen LogP contribution in [0.1, 0.15) is 25.7 Å². The molecule has 1 amide bonds. The lowest BCUT2D eigenvalue weighted by Crippen LogP contribution is -2.61. The van der Waals surface area contributed by atoms with Gasteiger partial charge in [0.05, 0.1) is 25.9 Å². The van der Waals surface area contributed by atoms with Crippen molar-refractivity contribution < 1.29 is 14.3 Å². The maximum absolute atomic E-state index is 12.7. The molecule has 3 aliphatic heterocycles. The number of piperidine rings is 1. The van der Waals surface area contributed by atoms with Crippen LogP contribution in [0.2, 0.25) is 0 Å². The minimum Gasteiger partial charge on any atom is -0.369 e. The average molecular weight is 332 g/mol. The van der Waals surface area contributed by atoms with E-state index in [0.717, 1.165) is 44.6 Å². The van der Waals surface area contributed by atoms with E-state index in [1.807, 2.05) is 4.90 Å². The lowest BCUT2D eigenvalue weighted by Gasteiger charge is -2.48. The maximum atomic E-state index is 12.7. The Hall–Kier alpha value is -1.73. The van der Waals surface area contributed by atoms with Crippen molar-refractivity contribution in [3.05, 3.63) is 18.6 Å². The number of nitrogens with zero attached hydrogens (tertiary/aromatic N) is 4. The minimum atomic E-state index is -0.303. The van der Waals surface area contributed by atoms with Gasteiger partial charge in [-0.15, -0.1) is 0 Å². The number of carbonyl (C=O) groups is 1. The molecule has 0 bridgehead atoms. The second kappa shape index (κ2) is 6.64. The lowest BCUT2D eigenvalue weighted by molar-refractivity contribution is -0.160. The van der Waals surface area contributed by atoms with Crippen LogP contribution in [0, 0.1) is 0 Å². The summed E-state index contributed by atoms with van der Waals surface area (Å²) >= 11 is 0. The van der Waals surface area contributed by atoms with E-state index in [1.54, 1.807) is 18.6 Å². The summed E-state index contributed by atoms with van der Waals surface area (Å²) in [7, 11) is 0. The van der Waals surface area contributed by atoms with Crippen molar-refractivity contribution in [2.24, 2.45) is 0 Å². The standard InChI is InChI=1S/C17H24N4O3/c22-16(14-3-1-9-23-14)21-8-10-24-17(13-21)4-2-7-20(12-17)15-11-18-5-6-19-15/h5-6,11,14H,1-4,7-10,12-13H2/t14-,17-/m1/s1. The molecular weight excluding hydrogens is 308 g/mol. The Kier molecular flexibility index (Phi) is 4.37. The van der Waals surface area contributed by atoms with Gasteiger partial charge < -0.3 is 19.3 Å². The SMILES string of the molecule is O=C([C@H]1CCCO1)N1CCO[C@@]2(CCCN(c3cnccn3)C2)C1.